The van der Waals surface area contributed by atoms with Crippen molar-refractivity contribution in [2.75, 3.05) is 0 Å². The fourth-order valence-corrected chi connectivity index (χ4v) is 1.65. The highest BCUT2D eigenvalue weighted by molar-refractivity contribution is 5.96. The van der Waals surface area contributed by atoms with Gasteiger partial charge in [-0.25, -0.2) is 5.84 Å². The lowest BCUT2D eigenvalue weighted by Crippen LogP contribution is -2.30. The molecule has 76 valence electrons. The number of amides is 1. The molecule has 1 aliphatic rings. The van der Waals surface area contributed by atoms with Gasteiger partial charge in [-0.1, -0.05) is 6.07 Å². The summed E-state index contributed by atoms with van der Waals surface area (Å²) in [6.45, 7) is 0. The molecule has 1 fully saturated rings. The van der Waals surface area contributed by atoms with Crippen molar-refractivity contribution in [2.45, 2.75) is 18.8 Å². The second-order valence-electron chi connectivity index (χ2n) is 3.66. The molecule has 0 aromatic heterocycles. The average molecular weight is 201 g/mol. The van der Waals surface area contributed by atoms with Crippen molar-refractivity contribution in [1.82, 2.24) is 5.43 Å². The number of hydrogen-bond acceptors (Lipinski definition) is 3. The van der Waals surface area contributed by atoms with Crippen LogP contribution in [0.15, 0.2) is 18.2 Å². The molecule has 4 heteroatoms. The topological polar surface area (TPSA) is 78.9 Å². The van der Waals surface area contributed by atoms with Crippen LogP contribution in [-0.2, 0) is 0 Å². The third-order valence-electron chi connectivity index (χ3n) is 2.58. The van der Waals surface area contributed by atoms with Crippen LogP contribution in [0.2, 0.25) is 0 Å². The Bertz CT molecular complexity index is 444. The summed E-state index contributed by atoms with van der Waals surface area (Å²) >= 11 is 0. The van der Waals surface area contributed by atoms with Gasteiger partial charge in [0, 0.05) is 5.56 Å². The summed E-state index contributed by atoms with van der Waals surface area (Å²) in [5, 5.41) is 8.75. The first kappa shape index (κ1) is 9.69. The van der Waals surface area contributed by atoms with Crippen molar-refractivity contribution in [2.24, 2.45) is 5.84 Å². The number of hydrogen-bond donors (Lipinski definition) is 2. The fourth-order valence-electron chi connectivity index (χ4n) is 1.65. The van der Waals surface area contributed by atoms with Crippen LogP contribution in [-0.4, -0.2) is 5.91 Å². The lowest BCUT2D eigenvalue weighted by molar-refractivity contribution is 0.0952. The molecule has 0 aliphatic heterocycles. The van der Waals surface area contributed by atoms with Crippen molar-refractivity contribution >= 4 is 5.91 Å². The molecule has 0 unspecified atom stereocenters. The van der Waals surface area contributed by atoms with E-state index in [0.29, 0.717) is 17.0 Å². The molecule has 4 nitrogen and oxygen atoms in total. The summed E-state index contributed by atoms with van der Waals surface area (Å²) < 4.78 is 0. The molecule has 0 bridgehead atoms. The third-order valence-corrected chi connectivity index (χ3v) is 2.58. The number of nitrogen functional groups attached to an aromatic ring is 1. The number of carbonyl (C=O) groups is 1. The van der Waals surface area contributed by atoms with Gasteiger partial charge < -0.3 is 0 Å². The first-order valence-electron chi connectivity index (χ1n) is 4.81. The summed E-state index contributed by atoms with van der Waals surface area (Å²) in [6.07, 6.45) is 2.22. The molecule has 1 amide bonds. The normalized spacial score (nSPS) is 14.4. The minimum atomic E-state index is -0.325. The van der Waals surface area contributed by atoms with Gasteiger partial charge in [0.15, 0.2) is 0 Å². The zero-order chi connectivity index (χ0) is 10.8. The highest BCUT2D eigenvalue weighted by Gasteiger charge is 2.27. The lowest BCUT2D eigenvalue weighted by Gasteiger charge is -2.07. The molecule has 1 aliphatic carbocycles. The number of rotatable bonds is 2. The van der Waals surface area contributed by atoms with Gasteiger partial charge in [-0.2, -0.15) is 5.26 Å². The Morgan fingerprint density at radius 2 is 2.27 bits per heavy atom. The van der Waals surface area contributed by atoms with E-state index in [1.54, 1.807) is 12.1 Å². The van der Waals surface area contributed by atoms with Gasteiger partial charge in [0.1, 0.15) is 0 Å². The molecule has 1 saturated carbocycles. The molecular formula is C11H11N3O. The summed E-state index contributed by atoms with van der Waals surface area (Å²) in [5.41, 5.74) is 4.12. The number of carbonyl (C=O) groups excluding carboxylic acids is 1. The number of nitriles is 1. The van der Waals surface area contributed by atoms with E-state index in [1.165, 1.54) is 0 Å². The molecule has 0 heterocycles. The monoisotopic (exact) mass is 201 g/mol. The quantitative estimate of drug-likeness (QED) is 0.426. The summed E-state index contributed by atoms with van der Waals surface area (Å²) in [4.78, 5) is 11.5. The maximum absolute atomic E-state index is 11.5. The summed E-state index contributed by atoms with van der Waals surface area (Å²) in [5.74, 6) is 5.24. The van der Waals surface area contributed by atoms with Crippen LogP contribution in [0, 0.1) is 11.3 Å². The molecule has 15 heavy (non-hydrogen) atoms. The smallest absolute Gasteiger partial charge is 0.265 e. The van der Waals surface area contributed by atoms with Crippen LogP contribution in [0.3, 0.4) is 0 Å². The van der Waals surface area contributed by atoms with Crippen LogP contribution in [0.25, 0.3) is 0 Å². The Balaban J connectivity index is 2.46. The van der Waals surface area contributed by atoms with Gasteiger partial charge in [-0.15, -0.1) is 0 Å². The van der Waals surface area contributed by atoms with Crippen LogP contribution in [0.4, 0.5) is 0 Å². The van der Waals surface area contributed by atoms with Crippen LogP contribution < -0.4 is 11.3 Å². The first-order valence-corrected chi connectivity index (χ1v) is 4.81. The van der Waals surface area contributed by atoms with E-state index in [-0.39, 0.29) is 5.91 Å². The van der Waals surface area contributed by atoms with E-state index in [1.807, 2.05) is 12.1 Å². The van der Waals surface area contributed by atoms with Gasteiger partial charge in [-0.05, 0) is 36.5 Å². The molecule has 0 spiro atoms. The Kier molecular flexibility index (Phi) is 2.40. The largest absolute Gasteiger partial charge is 0.290 e. The zero-order valence-corrected chi connectivity index (χ0v) is 8.16. The Hall–Kier alpha value is -1.86. The summed E-state index contributed by atoms with van der Waals surface area (Å²) in [7, 11) is 0. The van der Waals surface area contributed by atoms with Gasteiger partial charge in [0.2, 0.25) is 0 Å². The highest BCUT2D eigenvalue weighted by atomic mass is 16.2. The van der Waals surface area contributed by atoms with Crippen molar-refractivity contribution in [1.29, 1.82) is 5.26 Å². The molecule has 1 aromatic carbocycles. The van der Waals surface area contributed by atoms with Crippen molar-refractivity contribution < 1.29 is 4.79 Å². The van der Waals surface area contributed by atoms with Crippen LogP contribution in [0.1, 0.15) is 40.2 Å². The molecule has 0 saturated heterocycles. The molecular weight excluding hydrogens is 190 g/mol. The van der Waals surface area contributed by atoms with E-state index in [0.717, 1.165) is 18.4 Å². The van der Waals surface area contributed by atoms with Crippen molar-refractivity contribution in [3.63, 3.8) is 0 Å². The molecule has 0 atom stereocenters. The zero-order valence-electron chi connectivity index (χ0n) is 8.16. The third kappa shape index (κ3) is 1.83. The second kappa shape index (κ2) is 3.71. The van der Waals surface area contributed by atoms with Crippen LogP contribution in [0.5, 0.6) is 0 Å². The number of benzene rings is 1. The predicted molar refractivity (Wildman–Crippen MR) is 54.8 cm³/mol. The Labute approximate surface area is 87.7 Å². The highest BCUT2D eigenvalue weighted by Crippen LogP contribution is 2.41. The predicted octanol–water partition coefficient (Wildman–Crippen LogP) is 1.04. The maximum Gasteiger partial charge on any atom is 0.265 e. The van der Waals surface area contributed by atoms with E-state index in [2.05, 4.69) is 5.43 Å². The molecule has 3 N–H and O–H groups in total. The number of nitrogens with two attached hydrogens (primary N) is 1. The van der Waals surface area contributed by atoms with Gasteiger partial charge in [0.25, 0.3) is 5.91 Å². The second-order valence-corrected chi connectivity index (χ2v) is 3.66. The average Bonchev–Trinajstić information content (AvgIpc) is 3.11. The minimum Gasteiger partial charge on any atom is -0.290 e. The molecule has 2 rings (SSSR count). The van der Waals surface area contributed by atoms with E-state index < -0.39 is 0 Å². The van der Waals surface area contributed by atoms with Gasteiger partial charge >= 0.3 is 0 Å². The van der Waals surface area contributed by atoms with Crippen LogP contribution >= 0.6 is 0 Å². The number of nitrogens with one attached hydrogen (secondary N) is 1. The van der Waals surface area contributed by atoms with E-state index >= 15 is 0 Å². The Morgan fingerprint density at radius 3 is 2.80 bits per heavy atom. The van der Waals surface area contributed by atoms with E-state index in [9.17, 15) is 4.79 Å². The number of hydrazine groups is 1. The minimum absolute atomic E-state index is 0.325. The van der Waals surface area contributed by atoms with Gasteiger partial charge in [-0.3, -0.25) is 10.2 Å². The standard InChI is InChI=1S/C11H11N3O/c12-6-7-1-4-9(8-2-3-8)10(5-7)11(15)14-13/h1,4-5,8H,2-3,13H2,(H,14,15). The lowest BCUT2D eigenvalue weighted by atomic mass is 10.0. The maximum atomic E-state index is 11.5. The fraction of sp³-hybridized carbons (Fsp3) is 0.273. The molecule has 0 radical (unpaired) electrons. The van der Waals surface area contributed by atoms with Crippen molar-refractivity contribution in [3.05, 3.63) is 34.9 Å². The van der Waals surface area contributed by atoms with Crippen molar-refractivity contribution in [3.8, 4) is 6.07 Å². The number of nitrogens with zero attached hydrogens (tertiary/aromatic N) is 1. The molecule has 1 aromatic rings. The first-order chi connectivity index (χ1) is 7.26. The SMILES string of the molecule is N#Cc1ccc(C2CC2)c(C(=O)NN)c1. The van der Waals surface area contributed by atoms with Gasteiger partial charge in [0.05, 0.1) is 11.6 Å². The van der Waals surface area contributed by atoms with E-state index in [4.69, 9.17) is 11.1 Å². The summed E-state index contributed by atoms with van der Waals surface area (Å²) in [6, 6.07) is 7.19. The Morgan fingerprint density at radius 1 is 1.53 bits per heavy atom.